The lowest BCUT2D eigenvalue weighted by molar-refractivity contribution is -0.144. The molecule has 5 heteroatoms. The second-order valence-electron chi connectivity index (χ2n) is 10.4. The number of ether oxygens (including phenoxy) is 1. The van der Waals surface area contributed by atoms with Crippen LogP contribution in [0.1, 0.15) is 54.5 Å². The molecule has 0 fully saturated rings. The first-order chi connectivity index (χ1) is 17.2. The number of carboxylic acids is 1. The highest BCUT2D eigenvalue weighted by molar-refractivity contribution is 5.83. The Bertz CT molecular complexity index is 1200. The molecule has 1 heterocycles. The topological polar surface area (TPSA) is 66.8 Å². The Balaban J connectivity index is 1.40. The quantitative estimate of drug-likeness (QED) is 0.415. The van der Waals surface area contributed by atoms with E-state index in [1.54, 1.807) is 0 Å². The van der Waals surface area contributed by atoms with Crippen LogP contribution in [-0.4, -0.2) is 40.6 Å². The van der Waals surface area contributed by atoms with E-state index in [2.05, 4.69) is 45.0 Å². The zero-order valence-corrected chi connectivity index (χ0v) is 21.4. The summed E-state index contributed by atoms with van der Waals surface area (Å²) < 4.78 is 6.35. The van der Waals surface area contributed by atoms with Crippen LogP contribution in [0.25, 0.3) is 0 Å². The normalized spacial score (nSPS) is 16.4. The van der Waals surface area contributed by atoms with Crippen LogP contribution in [0.5, 0.6) is 5.75 Å². The van der Waals surface area contributed by atoms with Crippen LogP contribution >= 0.6 is 0 Å². The summed E-state index contributed by atoms with van der Waals surface area (Å²) in [5.74, 6) is 0.183. The Hall–Kier alpha value is -3.60. The molecule has 1 aliphatic heterocycles. The molecule has 3 aromatic carbocycles. The second kappa shape index (κ2) is 11.0. The molecule has 1 aliphatic rings. The predicted molar refractivity (Wildman–Crippen MR) is 141 cm³/mol. The van der Waals surface area contributed by atoms with Gasteiger partial charge in [0.1, 0.15) is 17.9 Å². The van der Waals surface area contributed by atoms with Crippen molar-refractivity contribution in [1.82, 2.24) is 4.90 Å². The summed E-state index contributed by atoms with van der Waals surface area (Å²) in [4.78, 5) is 25.9. The average Bonchev–Trinajstić information content (AvgIpc) is 3.17. The summed E-state index contributed by atoms with van der Waals surface area (Å²) in [7, 11) is 0. The van der Waals surface area contributed by atoms with Gasteiger partial charge in [-0.3, -0.25) is 9.59 Å². The number of aliphatic carboxylic acids is 1. The smallest absolute Gasteiger partial charge is 0.323 e. The number of carbonyl (C=O) groups excluding carboxylic acids is 1. The Morgan fingerprint density at radius 2 is 1.67 bits per heavy atom. The van der Waals surface area contributed by atoms with Gasteiger partial charge in [0.05, 0.1) is 6.42 Å². The maximum absolute atomic E-state index is 13.0. The van der Waals surface area contributed by atoms with Crippen molar-refractivity contribution in [2.45, 2.75) is 58.0 Å². The van der Waals surface area contributed by atoms with Gasteiger partial charge < -0.3 is 14.7 Å². The molecule has 1 amide bonds. The molecule has 0 saturated carbocycles. The molecule has 0 radical (unpaired) electrons. The molecule has 36 heavy (non-hydrogen) atoms. The molecular weight excluding hydrogens is 450 g/mol. The first kappa shape index (κ1) is 25.5. The third-order valence-electron chi connectivity index (χ3n) is 6.82. The fourth-order valence-electron chi connectivity index (χ4n) is 4.89. The van der Waals surface area contributed by atoms with Crippen molar-refractivity contribution in [3.63, 3.8) is 0 Å². The van der Waals surface area contributed by atoms with Gasteiger partial charge in [-0.05, 0) is 53.1 Å². The summed E-state index contributed by atoms with van der Waals surface area (Å²) in [6, 6.07) is 24.4. The van der Waals surface area contributed by atoms with Crippen molar-refractivity contribution in [2.75, 3.05) is 13.1 Å². The maximum Gasteiger partial charge on any atom is 0.323 e. The molecule has 3 aromatic rings. The molecule has 188 valence electrons. The molecule has 1 N–H and O–H groups in total. The van der Waals surface area contributed by atoms with Crippen molar-refractivity contribution in [3.05, 3.63) is 101 Å². The first-order valence-electron chi connectivity index (χ1n) is 12.6. The van der Waals surface area contributed by atoms with Crippen molar-refractivity contribution in [3.8, 4) is 5.75 Å². The van der Waals surface area contributed by atoms with E-state index >= 15 is 0 Å². The SMILES string of the molecule is CC(C)c1ccc(C[C@@]2(C)Cc3cc(CC(=O)N(CCc4ccccc4)CC(=O)O)ccc3O2)cc1. The third-order valence-corrected chi connectivity index (χ3v) is 6.82. The van der Waals surface area contributed by atoms with Crippen molar-refractivity contribution in [2.24, 2.45) is 0 Å². The number of fused-ring (bicyclic) bond motifs is 1. The Morgan fingerprint density at radius 3 is 2.33 bits per heavy atom. The lowest BCUT2D eigenvalue weighted by Crippen LogP contribution is -2.38. The van der Waals surface area contributed by atoms with Crippen molar-refractivity contribution >= 4 is 11.9 Å². The average molecular weight is 486 g/mol. The largest absolute Gasteiger partial charge is 0.487 e. The summed E-state index contributed by atoms with van der Waals surface area (Å²) in [5.41, 5.74) is 5.28. The molecule has 1 atom stereocenters. The van der Waals surface area contributed by atoms with E-state index < -0.39 is 5.97 Å². The van der Waals surface area contributed by atoms with Gasteiger partial charge in [-0.1, -0.05) is 80.6 Å². The molecule has 0 aromatic heterocycles. The van der Waals surface area contributed by atoms with Crippen LogP contribution in [0, 0.1) is 0 Å². The zero-order chi connectivity index (χ0) is 25.7. The monoisotopic (exact) mass is 485 g/mol. The van der Waals surface area contributed by atoms with Crippen molar-refractivity contribution < 1.29 is 19.4 Å². The van der Waals surface area contributed by atoms with E-state index in [1.807, 2.05) is 48.5 Å². The number of hydrogen-bond donors (Lipinski definition) is 1. The van der Waals surface area contributed by atoms with E-state index in [9.17, 15) is 14.7 Å². The lowest BCUT2D eigenvalue weighted by Gasteiger charge is -2.24. The molecule has 0 aliphatic carbocycles. The van der Waals surface area contributed by atoms with Gasteiger partial charge in [-0.15, -0.1) is 0 Å². The summed E-state index contributed by atoms with van der Waals surface area (Å²) in [5, 5.41) is 9.33. The van der Waals surface area contributed by atoms with Gasteiger partial charge in [0, 0.05) is 19.4 Å². The number of benzene rings is 3. The van der Waals surface area contributed by atoms with Crippen LogP contribution in [0.3, 0.4) is 0 Å². The minimum Gasteiger partial charge on any atom is -0.487 e. The molecule has 4 rings (SSSR count). The van der Waals surface area contributed by atoms with Gasteiger partial charge in [0.15, 0.2) is 0 Å². The molecular formula is C31H35NO4. The predicted octanol–water partition coefficient (Wildman–Crippen LogP) is 5.44. The van der Waals surface area contributed by atoms with Crippen LogP contribution in [0.15, 0.2) is 72.8 Å². The highest BCUT2D eigenvalue weighted by Gasteiger charge is 2.35. The van der Waals surface area contributed by atoms with Crippen LogP contribution < -0.4 is 4.74 Å². The Kier molecular flexibility index (Phi) is 7.78. The lowest BCUT2D eigenvalue weighted by atomic mass is 9.90. The highest BCUT2D eigenvalue weighted by Crippen LogP contribution is 2.37. The number of carboxylic acid groups (broad SMARTS) is 1. The van der Waals surface area contributed by atoms with Crippen LogP contribution in [0.2, 0.25) is 0 Å². The Labute approximate surface area is 213 Å². The molecule has 0 bridgehead atoms. The number of nitrogens with zero attached hydrogens (tertiary/aromatic N) is 1. The summed E-state index contributed by atoms with van der Waals surface area (Å²) in [6.07, 6.45) is 2.36. The van der Waals surface area contributed by atoms with E-state index in [4.69, 9.17) is 4.74 Å². The van der Waals surface area contributed by atoms with Crippen LogP contribution in [-0.2, 0) is 35.3 Å². The minimum atomic E-state index is -1.00. The number of carbonyl (C=O) groups is 2. The van der Waals surface area contributed by atoms with E-state index in [0.29, 0.717) is 18.9 Å². The molecule has 0 spiro atoms. The van der Waals surface area contributed by atoms with Gasteiger partial charge in [0.2, 0.25) is 5.91 Å². The van der Waals surface area contributed by atoms with Gasteiger partial charge >= 0.3 is 5.97 Å². The Morgan fingerprint density at radius 1 is 0.972 bits per heavy atom. The van der Waals surface area contributed by atoms with Gasteiger partial charge in [-0.2, -0.15) is 0 Å². The fraction of sp³-hybridized carbons (Fsp3) is 0.355. The maximum atomic E-state index is 13.0. The zero-order valence-electron chi connectivity index (χ0n) is 21.4. The summed E-state index contributed by atoms with van der Waals surface area (Å²) in [6.45, 7) is 6.59. The number of rotatable bonds is 10. The standard InChI is InChI=1S/C31H35NO4/c1-22(2)26-12-9-24(10-13-26)19-31(3)20-27-17-25(11-14-28(27)36-31)18-29(33)32(21-30(34)35)16-15-23-7-5-4-6-8-23/h4-14,17,22H,15-16,18-21H2,1-3H3,(H,34,35)/t31-/m0/s1. The molecule has 5 nitrogen and oxygen atoms in total. The number of amides is 1. The van der Waals surface area contributed by atoms with Gasteiger partial charge in [0.25, 0.3) is 0 Å². The van der Waals surface area contributed by atoms with E-state index in [1.165, 1.54) is 16.0 Å². The number of hydrogen-bond acceptors (Lipinski definition) is 3. The van der Waals surface area contributed by atoms with Crippen LogP contribution in [0.4, 0.5) is 0 Å². The fourth-order valence-corrected chi connectivity index (χ4v) is 4.89. The highest BCUT2D eigenvalue weighted by atomic mass is 16.5. The summed E-state index contributed by atoms with van der Waals surface area (Å²) >= 11 is 0. The van der Waals surface area contributed by atoms with Crippen molar-refractivity contribution in [1.29, 1.82) is 0 Å². The first-order valence-corrected chi connectivity index (χ1v) is 12.6. The minimum absolute atomic E-state index is 0.169. The van der Waals surface area contributed by atoms with E-state index in [0.717, 1.165) is 35.3 Å². The third kappa shape index (κ3) is 6.54. The van der Waals surface area contributed by atoms with Gasteiger partial charge in [-0.25, -0.2) is 0 Å². The molecule has 0 unspecified atom stereocenters. The second-order valence-corrected chi connectivity index (χ2v) is 10.4. The van der Waals surface area contributed by atoms with E-state index in [-0.39, 0.29) is 24.5 Å². The molecule has 0 saturated heterocycles.